The highest BCUT2D eigenvalue weighted by atomic mass is 16.5. The molecule has 3 rings (SSSR count). The molecular weight excluding hydrogens is 222 g/mol. The van der Waals surface area contributed by atoms with Gasteiger partial charge in [-0.1, -0.05) is 25.1 Å². The van der Waals surface area contributed by atoms with Gasteiger partial charge in [0.05, 0.1) is 6.61 Å². The zero-order valence-corrected chi connectivity index (χ0v) is 11.2. The smallest absolute Gasteiger partial charge is 0.122 e. The fourth-order valence-corrected chi connectivity index (χ4v) is 3.40. The van der Waals surface area contributed by atoms with Gasteiger partial charge in [0.2, 0.25) is 0 Å². The van der Waals surface area contributed by atoms with Gasteiger partial charge in [0, 0.05) is 6.04 Å². The van der Waals surface area contributed by atoms with Crippen molar-refractivity contribution in [3.05, 3.63) is 29.8 Å². The van der Waals surface area contributed by atoms with E-state index < -0.39 is 0 Å². The summed E-state index contributed by atoms with van der Waals surface area (Å²) in [6, 6.07) is 9.26. The van der Waals surface area contributed by atoms with Crippen LogP contribution in [0.4, 0.5) is 0 Å². The first kappa shape index (κ1) is 12.0. The van der Waals surface area contributed by atoms with Gasteiger partial charge < -0.3 is 10.1 Å². The minimum Gasteiger partial charge on any atom is -0.493 e. The van der Waals surface area contributed by atoms with E-state index in [1.165, 1.54) is 37.8 Å². The number of nitrogens with one attached hydrogen (secondary N) is 1. The van der Waals surface area contributed by atoms with Crippen LogP contribution in [0.1, 0.15) is 44.1 Å². The summed E-state index contributed by atoms with van der Waals surface area (Å²) in [6.45, 7) is 4.45. The minimum absolute atomic E-state index is 0.678. The second kappa shape index (κ2) is 5.31. The second-order valence-electron chi connectivity index (χ2n) is 5.89. The molecule has 98 valence electrons. The molecule has 1 fully saturated rings. The SMILES string of the molecule is CC1CCNC(CC2CCOc3ccccc32)C1. The lowest BCUT2D eigenvalue weighted by Crippen LogP contribution is -2.38. The molecule has 1 aromatic rings. The van der Waals surface area contributed by atoms with Crippen molar-refractivity contribution in [1.29, 1.82) is 0 Å². The Bertz CT molecular complexity index is 404. The van der Waals surface area contributed by atoms with Crippen molar-refractivity contribution >= 4 is 0 Å². The second-order valence-corrected chi connectivity index (χ2v) is 5.89. The van der Waals surface area contributed by atoms with Crippen LogP contribution >= 0.6 is 0 Å². The average molecular weight is 245 g/mol. The number of para-hydroxylation sites is 1. The Morgan fingerprint density at radius 3 is 3.06 bits per heavy atom. The van der Waals surface area contributed by atoms with Gasteiger partial charge in [0.15, 0.2) is 0 Å². The molecule has 1 saturated heterocycles. The molecule has 1 N–H and O–H groups in total. The van der Waals surface area contributed by atoms with Crippen molar-refractivity contribution in [2.75, 3.05) is 13.2 Å². The zero-order valence-electron chi connectivity index (χ0n) is 11.2. The summed E-state index contributed by atoms with van der Waals surface area (Å²) in [7, 11) is 0. The molecule has 0 saturated carbocycles. The molecule has 0 radical (unpaired) electrons. The van der Waals surface area contributed by atoms with E-state index in [4.69, 9.17) is 4.74 Å². The first-order chi connectivity index (χ1) is 8.83. The van der Waals surface area contributed by atoms with Gasteiger partial charge in [-0.2, -0.15) is 0 Å². The first-order valence-corrected chi connectivity index (χ1v) is 7.28. The highest BCUT2D eigenvalue weighted by Crippen LogP contribution is 2.37. The Hall–Kier alpha value is -1.02. The number of rotatable bonds is 2. The number of ether oxygens (including phenoxy) is 1. The molecule has 2 heteroatoms. The van der Waals surface area contributed by atoms with Crippen LogP contribution in [0.15, 0.2) is 24.3 Å². The molecule has 3 atom stereocenters. The zero-order chi connectivity index (χ0) is 12.4. The predicted molar refractivity (Wildman–Crippen MR) is 74.1 cm³/mol. The molecule has 2 nitrogen and oxygen atoms in total. The molecule has 0 spiro atoms. The Morgan fingerprint density at radius 2 is 2.17 bits per heavy atom. The quantitative estimate of drug-likeness (QED) is 0.863. The molecule has 2 heterocycles. The molecule has 1 aromatic carbocycles. The van der Waals surface area contributed by atoms with Gasteiger partial charge in [0.25, 0.3) is 0 Å². The largest absolute Gasteiger partial charge is 0.493 e. The van der Waals surface area contributed by atoms with Crippen molar-refractivity contribution in [3.63, 3.8) is 0 Å². The summed E-state index contributed by atoms with van der Waals surface area (Å²) in [5.41, 5.74) is 1.42. The molecule has 0 aromatic heterocycles. The summed E-state index contributed by atoms with van der Waals surface area (Å²) < 4.78 is 5.74. The van der Waals surface area contributed by atoms with E-state index >= 15 is 0 Å². The summed E-state index contributed by atoms with van der Waals surface area (Å²) in [5.74, 6) is 2.67. The van der Waals surface area contributed by atoms with Gasteiger partial charge in [-0.3, -0.25) is 0 Å². The van der Waals surface area contributed by atoms with E-state index in [-0.39, 0.29) is 0 Å². The van der Waals surface area contributed by atoms with E-state index in [0.717, 1.165) is 18.3 Å². The number of piperidine rings is 1. The van der Waals surface area contributed by atoms with Crippen LogP contribution in [0, 0.1) is 5.92 Å². The van der Waals surface area contributed by atoms with Crippen LogP contribution in [-0.2, 0) is 0 Å². The molecule has 0 aliphatic carbocycles. The van der Waals surface area contributed by atoms with Crippen LogP contribution in [0.2, 0.25) is 0 Å². The van der Waals surface area contributed by atoms with Crippen molar-refractivity contribution in [1.82, 2.24) is 5.32 Å². The Balaban J connectivity index is 1.70. The fraction of sp³-hybridized carbons (Fsp3) is 0.625. The topological polar surface area (TPSA) is 21.3 Å². The highest BCUT2D eigenvalue weighted by molar-refractivity contribution is 5.37. The summed E-state index contributed by atoms with van der Waals surface area (Å²) in [5, 5.41) is 3.69. The number of fused-ring (bicyclic) bond motifs is 1. The summed E-state index contributed by atoms with van der Waals surface area (Å²) in [4.78, 5) is 0. The van der Waals surface area contributed by atoms with Gasteiger partial charge in [-0.15, -0.1) is 0 Å². The summed E-state index contributed by atoms with van der Waals surface area (Å²) in [6.07, 6.45) is 5.11. The minimum atomic E-state index is 0.678. The van der Waals surface area contributed by atoms with Gasteiger partial charge in [-0.25, -0.2) is 0 Å². The van der Waals surface area contributed by atoms with Gasteiger partial charge in [-0.05, 0) is 55.7 Å². The summed E-state index contributed by atoms with van der Waals surface area (Å²) >= 11 is 0. The maximum Gasteiger partial charge on any atom is 0.122 e. The van der Waals surface area contributed by atoms with Crippen molar-refractivity contribution in [2.45, 2.75) is 44.6 Å². The molecule has 3 unspecified atom stereocenters. The molecule has 0 amide bonds. The van der Waals surface area contributed by atoms with E-state index in [2.05, 4.69) is 36.5 Å². The third kappa shape index (κ3) is 2.54. The fourth-order valence-electron chi connectivity index (χ4n) is 3.40. The monoisotopic (exact) mass is 245 g/mol. The van der Waals surface area contributed by atoms with Crippen LogP contribution in [0.25, 0.3) is 0 Å². The van der Waals surface area contributed by atoms with Crippen LogP contribution in [-0.4, -0.2) is 19.2 Å². The van der Waals surface area contributed by atoms with Crippen LogP contribution < -0.4 is 10.1 Å². The molecule has 18 heavy (non-hydrogen) atoms. The third-order valence-corrected chi connectivity index (χ3v) is 4.41. The predicted octanol–water partition coefficient (Wildman–Crippen LogP) is 3.33. The lowest BCUT2D eigenvalue weighted by molar-refractivity contribution is 0.237. The third-order valence-electron chi connectivity index (χ3n) is 4.41. The molecular formula is C16H23NO. The lowest BCUT2D eigenvalue weighted by Gasteiger charge is -2.33. The number of hydrogen-bond acceptors (Lipinski definition) is 2. The molecule has 2 aliphatic heterocycles. The van der Waals surface area contributed by atoms with Crippen molar-refractivity contribution < 1.29 is 4.74 Å². The number of benzene rings is 1. The maximum atomic E-state index is 5.74. The van der Waals surface area contributed by atoms with Gasteiger partial charge in [0.1, 0.15) is 5.75 Å². The molecule has 2 aliphatic rings. The van der Waals surface area contributed by atoms with E-state index in [1.807, 2.05) is 0 Å². The Kier molecular flexibility index (Phi) is 3.55. The Labute approximate surface area is 110 Å². The van der Waals surface area contributed by atoms with Crippen LogP contribution in [0.3, 0.4) is 0 Å². The van der Waals surface area contributed by atoms with E-state index in [1.54, 1.807) is 0 Å². The number of hydrogen-bond donors (Lipinski definition) is 1. The maximum absolute atomic E-state index is 5.74. The van der Waals surface area contributed by atoms with Gasteiger partial charge >= 0.3 is 0 Å². The van der Waals surface area contributed by atoms with E-state index in [9.17, 15) is 0 Å². The van der Waals surface area contributed by atoms with E-state index in [0.29, 0.717) is 12.0 Å². The highest BCUT2D eigenvalue weighted by Gasteiger charge is 2.26. The van der Waals surface area contributed by atoms with Crippen molar-refractivity contribution in [3.8, 4) is 5.75 Å². The lowest BCUT2D eigenvalue weighted by atomic mass is 9.83. The van der Waals surface area contributed by atoms with Crippen molar-refractivity contribution in [2.24, 2.45) is 5.92 Å². The first-order valence-electron chi connectivity index (χ1n) is 7.28. The Morgan fingerprint density at radius 1 is 1.28 bits per heavy atom. The standard InChI is InChI=1S/C16H23NO/c1-12-6-8-17-14(10-12)11-13-7-9-18-16-5-3-2-4-15(13)16/h2-5,12-14,17H,6-11H2,1H3. The van der Waals surface area contributed by atoms with Crippen LogP contribution in [0.5, 0.6) is 5.75 Å². The average Bonchev–Trinajstić information content (AvgIpc) is 2.39. The normalized spacial score (nSPS) is 31.5. The molecule has 0 bridgehead atoms.